The van der Waals surface area contributed by atoms with Crippen LogP contribution < -0.4 is 4.74 Å². The summed E-state index contributed by atoms with van der Waals surface area (Å²) in [7, 11) is 1.16. The smallest absolute Gasteiger partial charge is 0.344 e. The molecule has 0 saturated carbocycles. The maximum absolute atomic E-state index is 12.2. The Morgan fingerprint density at radius 3 is 1.84 bits per heavy atom. The number of rotatable bonds is 5. The first-order valence-electron chi connectivity index (χ1n) is 6.67. The molecule has 0 amide bonds. The summed E-state index contributed by atoms with van der Waals surface area (Å²) in [6.45, 7) is 0. The molecule has 10 heteroatoms. The minimum absolute atomic E-state index is 0.0500. The zero-order valence-electron chi connectivity index (χ0n) is 12.7. The van der Waals surface area contributed by atoms with Crippen molar-refractivity contribution in [2.45, 2.75) is 0 Å². The van der Waals surface area contributed by atoms with E-state index < -0.39 is 38.9 Å². The highest BCUT2D eigenvalue weighted by Gasteiger charge is 2.29. The maximum atomic E-state index is 12.2. The fourth-order valence-electron chi connectivity index (χ4n) is 1.95. The largest absolute Gasteiger partial charge is 0.465 e. The number of para-hydroxylation sites is 1. The zero-order valence-corrected chi connectivity index (χ0v) is 12.7. The average molecular weight is 346 g/mol. The number of methoxy groups -OCH3 is 1. The van der Waals surface area contributed by atoms with Crippen LogP contribution in [0.15, 0.2) is 42.5 Å². The Morgan fingerprint density at radius 1 is 0.880 bits per heavy atom. The lowest BCUT2D eigenvalue weighted by Crippen LogP contribution is -2.12. The highest BCUT2D eigenvalue weighted by molar-refractivity contribution is 5.96. The van der Waals surface area contributed by atoms with Gasteiger partial charge >= 0.3 is 23.3 Å². The van der Waals surface area contributed by atoms with Gasteiger partial charge in [0.1, 0.15) is 0 Å². The van der Waals surface area contributed by atoms with Crippen molar-refractivity contribution in [3.8, 4) is 5.75 Å². The van der Waals surface area contributed by atoms with Crippen molar-refractivity contribution in [1.29, 1.82) is 0 Å². The van der Waals surface area contributed by atoms with Crippen LogP contribution in [0.1, 0.15) is 20.7 Å². The molecule has 128 valence electrons. The number of hydrogen-bond acceptors (Lipinski definition) is 8. The summed E-state index contributed by atoms with van der Waals surface area (Å²) >= 11 is 0. The van der Waals surface area contributed by atoms with Gasteiger partial charge in [0.25, 0.3) is 5.75 Å². The van der Waals surface area contributed by atoms with E-state index in [0.717, 1.165) is 31.4 Å². The molecule has 0 fully saturated rings. The van der Waals surface area contributed by atoms with E-state index in [0.29, 0.717) is 0 Å². The van der Waals surface area contributed by atoms with E-state index in [1.807, 2.05) is 0 Å². The fraction of sp³-hybridized carbons (Fsp3) is 0.0667. The Kier molecular flexibility index (Phi) is 5.03. The van der Waals surface area contributed by atoms with Crippen molar-refractivity contribution >= 4 is 23.3 Å². The van der Waals surface area contributed by atoms with Gasteiger partial charge in [0, 0.05) is 12.1 Å². The molecule has 0 heterocycles. The maximum Gasteiger partial charge on any atom is 0.344 e. The highest BCUT2D eigenvalue weighted by Crippen LogP contribution is 2.36. The Bertz CT molecular complexity index is 845. The van der Waals surface area contributed by atoms with Crippen LogP contribution in [0.5, 0.6) is 5.75 Å². The van der Waals surface area contributed by atoms with Crippen LogP contribution in [-0.2, 0) is 4.74 Å². The summed E-state index contributed by atoms with van der Waals surface area (Å²) in [5, 5.41) is 22.1. The number of esters is 2. The first-order valence-corrected chi connectivity index (χ1v) is 6.67. The van der Waals surface area contributed by atoms with Gasteiger partial charge in [0.15, 0.2) is 0 Å². The third-order valence-electron chi connectivity index (χ3n) is 3.08. The summed E-state index contributed by atoms with van der Waals surface area (Å²) in [5.41, 5.74) is -1.54. The number of ether oxygens (including phenoxy) is 2. The van der Waals surface area contributed by atoms with Crippen LogP contribution >= 0.6 is 0 Å². The molecule has 0 aliphatic carbocycles. The van der Waals surface area contributed by atoms with Crippen LogP contribution in [0, 0.1) is 20.2 Å². The van der Waals surface area contributed by atoms with E-state index in [4.69, 9.17) is 4.74 Å². The Labute approximate surface area is 139 Å². The molecule has 0 spiro atoms. The molecule has 0 unspecified atom stereocenters. The summed E-state index contributed by atoms with van der Waals surface area (Å²) in [6, 6.07) is 8.24. The van der Waals surface area contributed by atoms with Crippen LogP contribution in [0.3, 0.4) is 0 Å². The minimum atomic E-state index is -1.09. The first-order chi connectivity index (χ1) is 11.8. The molecule has 2 aromatic rings. The predicted molar refractivity (Wildman–Crippen MR) is 82.5 cm³/mol. The van der Waals surface area contributed by atoms with Crippen molar-refractivity contribution < 1.29 is 28.9 Å². The van der Waals surface area contributed by atoms with E-state index in [1.54, 1.807) is 0 Å². The second-order valence-electron chi connectivity index (χ2n) is 4.60. The topological polar surface area (TPSA) is 139 Å². The van der Waals surface area contributed by atoms with Gasteiger partial charge in [0.2, 0.25) is 0 Å². The zero-order chi connectivity index (χ0) is 18.6. The highest BCUT2D eigenvalue weighted by atomic mass is 16.6. The van der Waals surface area contributed by atoms with Crippen molar-refractivity contribution in [2.24, 2.45) is 0 Å². The molecule has 0 aliphatic heterocycles. The monoisotopic (exact) mass is 346 g/mol. The Hall–Kier alpha value is -3.82. The SMILES string of the molecule is COC(=O)c1cccc(C(=O)Oc2c([N+](=O)[O-])cccc2[N+](=O)[O-])c1. The average Bonchev–Trinajstić information content (AvgIpc) is 2.60. The van der Waals surface area contributed by atoms with Gasteiger partial charge in [-0.15, -0.1) is 0 Å². The van der Waals surface area contributed by atoms with Crippen LogP contribution in [-0.4, -0.2) is 28.9 Å². The van der Waals surface area contributed by atoms with E-state index in [1.165, 1.54) is 18.2 Å². The minimum Gasteiger partial charge on any atom is -0.465 e. The van der Waals surface area contributed by atoms with Crippen molar-refractivity contribution in [3.63, 3.8) is 0 Å². The predicted octanol–water partition coefficient (Wildman–Crippen LogP) is 2.51. The van der Waals surface area contributed by atoms with Gasteiger partial charge in [-0.25, -0.2) is 9.59 Å². The summed E-state index contributed by atoms with van der Waals surface area (Å²) in [4.78, 5) is 43.9. The second kappa shape index (κ2) is 7.17. The lowest BCUT2D eigenvalue weighted by Gasteiger charge is -2.06. The third-order valence-corrected chi connectivity index (χ3v) is 3.08. The molecular weight excluding hydrogens is 336 g/mol. The summed E-state index contributed by atoms with van der Waals surface area (Å²) in [5.74, 6) is -2.58. The number of carbonyl (C=O) groups excluding carboxylic acids is 2. The van der Waals surface area contributed by atoms with E-state index in [2.05, 4.69) is 4.74 Å². The number of nitro groups is 2. The van der Waals surface area contributed by atoms with Gasteiger partial charge in [-0.3, -0.25) is 20.2 Å². The molecule has 0 saturated heterocycles. The molecule has 0 atom stereocenters. The van der Waals surface area contributed by atoms with Crippen molar-refractivity contribution in [3.05, 3.63) is 73.8 Å². The van der Waals surface area contributed by atoms with Gasteiger partial charge in [-0.1, -0.05) is 6.07 Å². The molecule has 0 radical (unpaired) electrons. The van der Waals surface area contributed by atoms with Gasteiger partial charge < -0.3 is 9.47 Å². The van der Waals surface area contributed by atoms with Crippen LogP contribution in [0.2, 0.25) is 0 Å². The molecule has 25 heavy (non-hydrogen) atoms. The Morgan fingerprint density at radius 2 is 1.36 bits per heavy atom. The molecule has 2 rings (SSSR count). The molecule has 10 nitrogen and oxygen atoms in total. The summed E-state index contributed by atoms with van der Waals surface area (Å²) < 4.78 is 9.40. The third kappa shape index (κ3) is 3.75. The van der Waals surface area contributed by atoms with E-state index in [9.17, 15) is 29.8 Å². The lowest BCUT2D eigenvalue weighted by molar-refractivity contribution is -0.395. The van der Waals surface area contributed by atoms with Crippen LogP contribution in [0.25, 0.3) is 0 Å². The normalized spacial score (nSPS) is 9.96. The first kappa shape index (κ1) is 17.5. The number of benzene rings is 2. The van der Waals surface area contributed by atoms with Gasteiger partial charge in [0.05, 0.1) is 28.1 Å². The Balaban J connectivity index is 2.43. The summed E-state index contributed by atoms with van der Waals surface area (Å²) in [6.07, 6.45) is 0. The lowest BCUT2D eigenvalue weighted by atomic mass is 10.1. The number of nitro benzene ring substituents is 2. The number of hydrogen-bond donors (Lipinski definition) is 0. The molecule has 0 aromatic heterocycles. The molecule has 0 aliphatic rings. The van der Waals surface area contributed by atoms with E-state index in [-0.39, 0.29) is 11.1 Å². The molecular formula is C15H10N2O8. The quantitative estimate of drug-likeness (QED) is 0.348. The van der Waals surface area contributed by atoms with Crippen molar-refractivity contribution in [1.82, 2.24) is 0 Å². The molecule has 0 bridgehead atoms. The van der Waals surface area contributed by atoms with Crippen molar-refractivity contribution in [2.75, 3.05) is 7.11 Å². The standard InChI is InChI=1S/C15H10N2O8/c1-24-14(18)9-4-2-5-10(8-9)15(19)25-13-11(16(20)21)6-3-7-12(13)17(22)23/h2-8H,1H3. The molecule has 2 aromatic carbocycles. The number of carbonyl (C=O) groups is 2. The second-order valence-corrected chi connectivity index (χ2v) is 4.60. The number of nitrogens with zero attached hydrogens (tertiary/aromatic N) is 2. The van der Waals surface area contributed by atoms with E-state index >= 15 is 0 Å². The van der Waals surface area contributed by atoms with Crippen LogP contribution in [0.4, 0.5) is 11.4 Å². The van der Waals surface area contributed by atoms with Gasteiger partial charge in [-0.2, -0.15) is 0 Å². The molecule has 0 N–H and O–H groups in total. The fourth-order valence-corrected chi connectivity index (χ4v) is 1.95. The van der Waals surface area contributed by atoms with Gasteiger partial charge in [-0.05, 0) is 24.3 Å².